The summed E-state index contributed by atoms with van der Waals surface area (Å²) in [5.41, 5.74) is 1.95. The number of carbonyl (C=O) groups is 1. The van der Waals surface area contributed by atoms with Gasteiger partial charge in [-0.15, -0.1) is 0 Å². The maximum atomic E-state index is 12.2. The Hall–Kier alpha value is -2.02. The number of rotatable bonds is 5. The van der Waals surface area contributed by atoms with E-state index in [1.54, 1.807) is 11.0 Å². The highest BCUT2D eigenvalue weighted by Crippen LogP contribution is 2.36. The van der Waals surface area contributed by atoms with Gasteiger partial charge in [-0.2, -0.15) is 16.9 Å². The largest absolute Gasteiger partial charge is 0.337 e. The third-order valence-corrected chi connectivity index (χ3v) is 5.86. The van der Waals surface area contributed by atoms with Crippen LogP contribution < -0.4 is 10.6 Å². The Morgan fingerprint density at radius 2 is 2.38 bits per heavy atom. The number of nitrogens with one attached hydrogen (secondary N) is 2. The van der Waals surface area contributed by atoms with Crippen LogP contribution >= 0.6 is 11.8 Å². The predicted octanol–water partition coefficient (Wildman–Crippen LogP) is 2.91. The van der Waals surface area contributed by atoms with Crippen LogP contribution in [0.5, 0.6) is 0 Å². The lowest BCUT2D eigenvalue weighted by atomic mass is 10.1. The molecule has 0 radical (unpaired) electrons. The molecule has 0 spiro atoms. The first-order valence-corrected chi connectivity index (χ1v) is 9.18. The summed E-state index contributed by atoms with van der Waals surface area (Å²) in [5.74, 6) is 1.19. The molecule has 7 heteroatoms. The number of thioether (sulfide) groups is 1. The fourth-order valence-electron chi connectivity index (χ4n) is 2.85. The van der Waals surface area contributed by atoms with Gasteiger partial charge < -0.3 is 10.6 Å². The summed E-state index contributed by atoms with van der Waals surface area (Å²) in [6.07, 6.45) is 5.55. The van der Waals surface area contributed by atoms with Crippen LogP contribution in [0.1, 0.15) is 38.3 Å². The van der Waals surface area contributed by atoms with Crippen LogP contribution in [0.3, 0.4) is 0 Å². The number of hydrogen-bond donors (Lipinski definition) is 2. The molecule has 2 aromatic rings. The molecular weight excluding hydrogens is 322 g/mol. The number of amides is 2. The highest BCUT2D eigenvalue weighted by atomic mass is 32.2. The molecule has 0 aliphatic carbocycles. The van der Waals surface area contributed by atoms with Gasteiger partial charge in [0.25, 0.3) is 0 Å². The molecule has 128 valence electrons. The molecule has 2 heterocycles. The molecule has 1 aliphatic rings. The predicted molar refractivity (Wildman–Crippen MR) is 96.4 cm³/mol. The van der Waals surface area contributed by atoms with Crippen LogP contribution in [0.4, 0.5) is 4.79 Å². The van der Waals surface area contributed by atoms with E-state index in [4.69, 9.17) is 0 Å². The molecule has 1 fully saturated rings. The number of benzene rings is 1. The maximum Gasteiger partial charge on any atom is 0.315 e. The molecule has 1 aromatic carbocycles. The van der Waals surface area contributed by atoms with Gasteiger partial charge in [0.15, 0.2) is 0 Å². The van der Waals surface area contributed by atoms with Crippen molar-refractivity contribution in [3.63, 3.8) is 0 Å². The summed E-state index contributed by atoms with van der Waals surface area (Å²) in [6.45, 7) is 4.90. The highest BCUT2D eigenvalue weighted by Gasteiger charge is 2.29. The van der Waals surface area contributed by atoms with Crippen molar-refractivity contribution < 1.29 is 4.79 Å². The van der Waals surface area contributed by atoms with Crippen molar-refractivity contribution in [3.8, 4) is 5.69 Å². The zero-order valence-electron chi connectivity index (χ0n) is 14.0. The summed E-state index contributed by atoms with van der Waals surface area (Å²) < 4.78 is 1.88. The van der Waals surface area contributed by atoms with Crippen molar-refractivity contribution in [1.29, 1.82) is 0 Å². The second-order valence-electron chi connectivity index (χ2n) is 6.39. The summed E-state index contributed by atoms with van der Waals surface area (Å²) in [4.78, 5) is 16.1. The molecule has 0 saturated carbocycles. The van der Waals surface area contributed by atoms with Gasteiger partial charge in [-0.3, -0.25) is 0 Å². The number of urea groups is 1. The molecule has 0 bridgehead atoms. The minimum Gasteiger partial charge on any atom is -0.337 e. The number of nitrogens with zero attached hydrogens (tertiary/aromatic N) is 3. The van der Waals surface area contributed by atoms with Gasteiger partial charge in [0.1, 0.15) is 12.7 Å². The number of aromatic nitrogens is 3. The molecule has 3 rings (SSSR count). The molecule has 2 atom stereocenters. The third-order valence-electron chi connectivity index (χ3n) is 4.32. The second kappa shape index (κ2) is 7.25. The minimum atomic E-state index is -0.123. The molecule has 1 aromatic heterocycles. The molecule has 1 aliphatic heterocycles. The maximum absolute atomic E-state index is 12.2. The molecule has 6 nitrogen and oxygen atoms in total. The average molecular weight is 345 g/mol. The first kappa shape index (κ1) is 16.8. The van der Waals surface area contributed by atoms with E-state index in [0.717, 1.165) is 17.7 Å². The Kier molecular flexibility index (Phi) is 5.08. The van der Waals surface area contributed by atoms with Crippen LogP contribution in [-0.4, -0.2) is 37.8 Å². The number of carbonyl (C=O) groups excluding carboxylic acids is 1. The van der Waals surface area contributed by atoms with Crippen molar-refractivity contribution in [2.24, 2.45) is 0 Å². The Morgan fingerprint density at radius 1 is 1.50 bits per heavy atom. The Morgan fingerprint density at radius 3 is 3.08 bits per heavy atom. The SMILES string of the molecule is C[C@@H](NC(=O)NC[C@@]1(C)CCCS1)c1cccc(-n2cncn2)c1. The first-order chi connectivity index (χ1) is 11.6. The van der Waals surface area contributed by atoms with Crippen molar-refractivity contribution in [2.45, 2.75) is 37.5 Å². The fraction of sp³-hybridized carbons (Fsp3) is 0.471. The van der Waals surface area contributed by atoms with E-state index in [0.29, 0.717) is 6.54 Å². The van der Waals surface area contributed by atoms with Gasteiger partial charge in [-0.05, 0) is 50.1 Å². The molecule has 0 unspecified atom stereocenters. The Balaban J connectivity index is 1.57. The van der Waals surface area contributed by atoms with E-state index in [2.05, 4.69) is 27.6 Å². The van der Waals surface area contributed by atoms with Crippen molar-refractivity contribution in [2.75, 3.05) is 12.3 Å². The number of hydrogen-bond acceptors (Lipinski definition) is 4. The van der Waals surface area contributed by atoms with Crippen LogP contribution in [-0.2, 0) is 0 Å². The monoisotopic (exact) mass is 345 g/mol. The van der Waals surface area contributed by atoms with Gasteiger partial charge in [0.2, 0.25) is 0 Å². The smallest absolute Gasteiger partial charge is 0.315 e. The fourth-order valence-corrected chi connectivity index (χ4v) is 4.10. The summed E-state index contributed by atoms with van der Waals surface area (Å²) in [7, 11) is 0. The molecule has 1 saturated heterocycles. The average Bonchev–Trinajstić information content (AvgIpc) is 3.25. The molecule has 24 heavy (non-hydrogen) atoms. The molecule has 2 amide bonds. The van der Waals surface area contributed by atoms with Gasteiger partial charge >= 0.3 is 6.03 Å². The summed E-state index contributed by atoms with van der Waals surface area (Å²) in [6, 6.07) is 7.72. The molecule has 2 N–H and O–H groups in total. The lowest BCUT2D eigenvalue weighted by molar-refractivity contribution is 0.237. The minimum absolute atomic E-state index is 0.0856. The van der Waals surface area contributed by atoms with Crippen molar-refractivity contribution >= 4 is 17.8 Å². The summed E-state index contributed by atoms with van der Waals surface area (Å²) >= 11 is 1.94. The van der Waals surface area contributed by atoms with Crippen LogP contribution in [0.15, 0.2) is 36.9 Å². The van der Waals surface area contributed by atoms with Crippen LogP contribution in [0.2, 0.25) is 0 Å². The standard InChI is InChI=1S/C17H23N5OS/c1-13(21-16(23)19-10-17(2)7-4-8-24-17)14-5-3-6-15(9-14)22-12-18-11-20-22/h3,5-6,9,11-13H,4,7-8,10H2,1-2H3,(H2,19,21,23)/t13-,17-/m1/s1. The topological polar surface area (TPSA) is 71.8 Å². The zero-order valence-corrected chi connectivity index (χ0v) is 14.8. The van der Waals surface area contributed by atoms with Crippen molar-refractivity contribution in [1.82, 2.24) is 25.4 Å². The Labute approximate surface area is 146 Å². The van der Waals surface area contributed by atoms with E-state index in [-0.39, 0.29) is 16.8 Å². The quantitative estimate of drug-likeness (QED) is 0.874. The van der Waals surface area contributed by atoms with Gasteiger partial charge in [-0.1, -0.05) is 12.1 Å². The highest BCUT2D eigenvalue weighted by molar-refractivity contribution is 8.00. The van der Waals surface area contributed by atoms with E-state index in [9.17, 15) is 4.79 Å². The van der Waals surface area contributed by atoms with Crippen molar-refractivity contribution in [3.05, 3.63) is 42.5 Å². The van der Waals surface area contributed by atoms with Crippen LogP contribution in [0.25, 0.3) is 5.69 Å². The van der Waals surface area contributed by atoms with Gasteiger partial charge in [-0.25, -0.2) is 14.5 Å². The van der Waals surface area contributed by atoms with Crippen LogP contribution in [0, 0.1) is 0 Å². The Bertz CT molecular complexity index is 682. The van der Waals surface area contributed by atoms with E-state index < -0.39 is 0 Å². The third kappa shape index (κ3) is 4.08. The normalized spacial score (nSPS) is 21.4. The van der Waals surface area contributed by atoms with Gasteiger partial charge in [0.05, 0.1) is 11.7 Å². The molecular formula is C17H23N5OS. The van der Waals surface area contributed by atoms with Gasteiger partial charge in [0, 0.05) is 11.3 Å². The zero-order chi connectivity index (χ0) is 17.0. The summed E-state index contributed by atoms with van der Waals surface area (Å²) in [5, 5.41) is 10.1. The van der Waals surface area contributed by atoms with E-state index in [1.165, 1.54) is 18.5 Å². The van der Waals surface area contributed by atoms with E-state index >= 15 is 0 Å². The van der Waals surface area contributed by atoms with E-state index in [1.807, 2.05) is 43.0 Å². The lowest BCUT2D eigenvalue weighted by Gasteiger charge is -2.24. The lowest BCUT2D eigenvalue weighted by Crippen LogP contribution is -2.43. The first-order valence-electron chi connectivity index (χ1n) is 8.19. The second-order valence-corrected chi connectivity index (χ2v) is 8.07.